The number of esters is 1. The SMILES string of the molecule is COC(=O)c1c(N)c2cc(F)c(Br)cc2n(-c2ccc(N)nc2)c1=O. The van der Waals surface area contributed by atoms with E-state index in [1.165, 1.54) is 22.9 Å². The Morgan fingerprint density at radius 3 is 2.64 bits per heavy atom. The largest absolute Gasteiger partial charge is 0.465 e. The number of nitrogens with zero attached hydrogens (tertiary/aromatic N) is 2. The molecule has 0 aliphatic carbocycles. The fourth-order valence-corrected chi connectivity index (χ4v) is 2.82. The van der Waals surface area contributed by atoms with Gasteiger partial charge in [-0.25, -0.2) is 14.2 Å². The van der Waals surface area contributed by atoms with Gasteiger partial charge in [-0.3, -0.25) is 9.36 Å². The summed E-state index contributed by atoms with van der Waals surface area (Å²) in [6.07, 6.45) is 1.37. The van der Waals surface area contributed by atoms with E-state index in [1.807, 2.05) is 0 Å². The van der Waals surface area contributed by atoms with Crippen molar-refractivity contribution < 1.29 is 13.9 Å². The third-order valence-electron chi connectivity index (χ3n) is 3.67. The van der Waals surface area contributed by atoms with Crippen molar-refractivity contribution in [2.24, 2.45) is 0 Å². The van der Waals surface area contributed by atoms with Crippen LogP contribution in [0.2, 0.25) is 0 Å². The van der Waals surface area contributed by atoms with Crippen molar-refractivity contribution in [3.63, 3.8) is 0 Å². The number of halogens is 2. The Bertz CT molecular complexity index is 1060. The van der Waals surface area contributed by atoms with Gasteiger partial charge < -0.3 is 16.2 Å². The Kier molecular flexibility index (Phi) is 4.17. The van der Waals surface area contributed by atoms with Crippen LogP contribution in [-0.4, -0.2) is 22.6 Å². The number of methoxy groups -OCH3 is 1. The number of fused-ring (bicyclic) bond motifs is 1. The van der Waals surface area contributed by atoms with Crippen LogP contribution in [0, 0.1) is 5.82 Å². The van der Waals surface area contributed by atoms with Crippen molar-refractivity contribution in [2.75, 3.05) is 18.6 Å². The molecular formula is C16H12BrFN4O3. The summed E-state index contributed by atoms with van der Waals surface area (Å²) in [6, 6.07) is 5.60. The van der Waals surface area contributed by atoms with Gasteiger partial charge in [0.05, 0.1) is 34.7 Å². The van der Waals surface area contributed by atoms with Crippen LogP contribution >= 0.6 is 15.9 Å². The molecule has 2 heterocycles. The monoisotopic (exact) mass is 406 g/mol. The highest BCUT2D eigenvalue weighted by Gasteiger charge is 2.23. The molecule has 3 rings (SSSR count). The molecule has 9 heteroatoms. The summed E-state index contributed by atoms with van der Waals surface area (Å²) in [5, 5.41) is 0.192. The maximum Gasteiger partial charge on any atom is 0.345 e. The quantitative estimate of drug-likeness (QED) is 0.630. The number of anilines is 2. The van der Waals surface area contributed by atoms with Crippen LogP contribution in [0.4, 0.5) is 15.9 Å². The van der Waals surface area contributed by atoms with Gasteiger partial charge in [0.15, 0.2) is 0 Å². The van der Waals surface area contributed by atoms with Crippen LogP contribution in [0.5, 0.6) is 0 Å². The molecule has 0 amide bonds. The van der Waals surface area contributed by atoms with Gasteiger partial charge in [-0.1, -0.05) is 0 Å². The van der Waals surface area contributed by atoms with Gasteiger partial charge in [0.2, 0.25) is 0 Å². The number of nitrogens with two attached hydrogens (primary N) is 2. The topological polar surface area (TPSA) is 113 Å². The molecule has 0 spiro atoms. The Balaban J connectivity index is 2.53. The van der Waals surface area contributed by atoms with Gasteiger partial charge in [0.25, 0.3) is 5.56 Å². The number of ether oxygens (including phenoxy) is 1. The minimum absolute atomic E-state index is 0.141. The smallest absolute Gasteiger partial charge is 0.345 e. The zero-order valence-electron chi connectivity index (χ0n) is 12.9. The molecule has 0 fully saturated rings. The predicted molar refractivity (Wildman–Crippen MR) is 95.2 cm³/mol. The summed E-state index contributed by atoms with van der Waals surface area (Å²) >= 11 is 3.09. The van der Waals surface area contributed by atoms with Gasteiger partial charge >= 0.3 is 5.97 Å². The molecule has 0 saturated heterocycles. The number of hydrogen-bond donors (Lipinski definition) is 2. The first-order chi connectivity index (χ1) is 11.8. The van der Waals surface area contributed by atoms with Gasteiger partial charge in [-0.15, -0.1) is 0 Å². The number of aromatic nitrogens is 2. The second-order valence-electron chi connectivity index (χ2n) is 5.15. The van der Waals surface area contributed by atoms with Gasteiger partial charge in [0, 0.05) is 5.39 Å². The van der Waals surface area contributed by atoms with Crippen LogP contribution < -0.4 is 17.0 Å². The van der Waals surface area contributed by atoms with Crippen LogP contribution in [0.15, 0.2) is 39.7 Å². The number of rotatable bonds is 2. The molecule has 25 heavy (non-hydrogen) atoms. The first-order valence-electron chi connectivity index (χ1n) is 6.98. The molecule has 0 saturated carbocycles. The lowest BCUT2D eigenvalue weighted by Crippen LogP contribution is -2.28. The van der Waals surface area contributed by atoms with Gasteiger partial charge in [-0.2, -0.15) is 0 Å². The Hall–Kier alpha value is -2.94. The second kappa shape index (κ2) is 6.17. The number of carbonyl (C=O) groups excluding carboxylic acids is 1. The van der Waals surface area contributed by atoms with Crippen molar-refractivity contribution >= 4 is 44.3 Å². The van der Waals surface area contributed by atoms with E-state index in [-0.39, 0.29) is 26.9 Å². The molecule has 128 valence electrons. The molecule has 0 bridgehead atoms. The third-order valence-corrected chi connectivity index (χ3v) is 4.28. The molecular weight excluding hydrogens is 395 g/mol. The average molecular weight is 407 g/mol. The Labute approximate surface area is 149 Å². The fourth-order valence-electron chi connectivity index (χ4n) is 2.49. The van der Waals surface area contributed by atoms with Crippen LogP contribution in [0.1, 0.15) is 10.4 Å². The number of nitrogen functional groups attached to an aromatic ring is 2. The van der Waals surface area contributed by atoms with E-state index in [2.05, 4.69) is 25.7 Å². The van der Waals surface area contributed by atoms with E-state index in [9.17, 15) is 14.0 Å². The number of benzene rings is 1. The summed E-state index contributed by atoms with van der Waals surface area (Å²) in [6.45, 7) is 0. The van der Waals surface area contributed by atoms with Crippen molar-refractivity contribution in [2.45, 2.75) is 0 Å². The number of carbonyl (C=O) groups is 1. The standard InChI is InChI=1S/C16H12BrFN4O3/c1-25-16(24)13-14(20)8-4-10(18)9(17)5-11(8)22(15(13)23)7-2-3-12(19)21-6-7/h2-6H,20H2,1H3,(H2,19,21). The van der Waals surface area contributed by atoms with Crippen molar-refractivity contribution in [3.8, 4) is 5.69 Å². The highest BCUT2D eigenvalue weighted by molar-refractivity contribution is 9.10. The molecule has 0 radical (unpaired) electrons. The number of pyridine rings is 2. The lowest BCUT2D eigenvalue weighted by Gasteiger charge is -2.15. The van der Waals surface area contributed by atoms with Gasteiger partial charge in [-0.05, 0) is 40.2 Å². The highest BCUT2D eigenvalue weighted by atomic mass is 79.9. The fraction of sp³-hybridized carbons (Fsp3) is 0.0625. The molecule has 1 aromatic carbocycles. The van der Waals surface area contributed by atoms with E-state index >= 15 is 0 Å². The summed E-state index contributed by atoms with van der Waals surface area (Å²) in [5.41, 5.74) is 10.9. The summed E-state index contributed by atoms with van der Waals surface area (Å²) in [5.74, 6) is -1.24. The lowest BCUT2D eigenvalue weighted by molar-refractivity contribution is 0.0600. The molecule has 0 aliphatic rings. The predicted octanol–water partition coefficient (Wildman–Crippen LogP) is 2.24. The second-order valence-corrected chi connectivity index (χ2v) is 6.00. The Morgan fingerprint density at radius 1 is 1.32 bits per heavy atom. The number of hydrogen-bond acceptors (Lipinski definition) is 6. The van der Waals surface area contributed by atoms with E-state index in [1.54, 1.807) is 6.07 Å². The van der Waals surface area contributed by atoms with E-state index < -0.39 is 17.3 Å². The van der Waals surface area contributed by atoms with Crippen LogP contribution in [0.3, 0.4) is 0 Å². The van der Waals surface area contributed by atoms with E-state index in [0.717, 1.165) is 13.2 Å². The molecule has 0 atom stereocenters. The summed E-state index contributed by atoms with van der Waals surface area (Å²) in [4.78, 5) is 28.9. The molecule has 0 aliphatic heterocycles. The maximum atomic E-state index is 14.0. The minimum Gasteiger partial charge on any atom is -0.465 e. The van der Waals surface area contributed by atoms with E-state index in [0.29, 0.717) is 11.2 Å². The molecule has 3 aromatic rings. The maximum absolute atomic E-state index is 14.0. The zero-order chi connectivity index (χ0) is 18.3. The van der Waals surface area contributed by atoms with E-state index in [4.69, 9.17) is 11.5 Å². The van der Waals surface area contributed by atoms with Crippen molar-refractivity contribution in [3.05, 3.63) is 56.7 Å². The van der Waals surface area contributed by atoms with Gasteiger partial charge in [0.1, 0.15) is 17.2 Å². The van der Waals surface area contributed by atoms with Crippen molar-refractivity contribution in [1.29, 1.82) is 0 Å². The average Bonchev–Trinajstić information content (AvgIpc) is 2.58. The van der Waals surface area contributed by atoms with Crippen LogP contribution in [0.25, 0.3) is 16.6 Å². The first kappa shape index (κ1) is 16.9. The molecule has 7 nitrogen and oxygen atoms in total. The van der Waals surface area contributed by atoms with Crippen LogP contribution in [-0.2, 0) is 4.74 Å². The summed E-state index contributed by atoms with van der Waals surface area (Å²) in [7, 11) is 1.13. The lowest BCUT2D eigenvalue weighted by atomic mass is 10.1. The van der Waals surface area contributed by atoms with Crippen molar-refractivity contribution in [1.82, 2.24) is 9.55 Å². The summed E-state index contributed by atoms with van der Waals surface area (Å²) < 4.78 is 20.0. The molecule has 4 N–H and O–H groups in total. The Morgan fingerprint density at radius 2 is 2.04 bits per heavy atom. The first-order valence-corrected chi connectivity index (χ1v) is 7.78. The minimum atomic E-state index is -0.912. The highest BCUT2D eigenvalue weighted by Crippen LogP contribution is 2.29. The molecule has 0 unspecified atom stereocenters. The zero-order valence-corrected chi connectivity index (χ0v) is 14.5. The normalized spacial score (nSPS) is 10.8. The molecule has 2 aromatic heterocycles. The third kappa shape index (κ3) is 2.72.